The Morgan fingerprint density at radius 3 is 2.23 bits per heavy atom. The van der Waals surface area contributed by atoms with Crippen LogP contribution in [0.1, 0.15) is 22.6 Å². The zero-order valence-corrected chi connectivity index (χ0v) is 19.9. The largest absolute Gasteiger partial charge is 0.493 e. The second-order valence-corrected chi connectivity index (χ2v) is 8.05. The zero-order chi connectivity index (χ0) is 25.1. The number of carbonyl (C=O) groups is 3. The standard InChI is InChI=1S/C25H26N4O6/c1-28-10-9-26-24(28)22(31)15-5-7-17(8-6-15)27-25(32)16-11-21(30)29(14-16)18-12-19(33-2)23(35-4)20(13-18)34-3/h5-10,12-13,16H,11,14H2,1-4H3,(H,27,32)/t16-/m1/s1. The number of hydrogen-bond donors (Lipinski definition) is 1. The van der Waals surface area contributed by atoms with Gasteiger partial charge in [0, 0.05) is 55.8 Å². The number of carbonyl (C=O) groups excluding carboxylic acids is 3. The van der Waals surface area contributed by atoms with Crippen molar-refractivity contribution in [3.8, 4) is 17.2 Å². The van der Waals surface area contributed by atoms with Crippen LogP contribution < -0.4 is 24.4 Å². The second-order valence-electron chi connectivity index (χ2n) is 8.05. The lowest BCUT2D eigenvalue weighted by molar-refractivity contribution is -0.122. The molecule has 0 spiro atoms. The molecule has 0 unspecified atom stereocenters. The number of nitrogens with zero attached hydrogens (tertiary/aromatic N) is 3. The monoisotopic (exact) mass is 478 g/mol. The van der Waals surface area contributed by atoms with Crippen LogP contribution in [0.4, 0.5) is 11.4 Å². The summed E-state index contributed by atoms with van der Waals surface area (Å²) in [5.41, 5.74) is 1.55. The van der Waals surface area contributed by atoms with E-state index in [1.807, 2.05) is 0 Å². The third kappa shape index (κ3) is 4.68. The maximum absolute atomic E-state index is 12.9. The first-order chi connectivity index (χ1) is 16.9. The molecule has 35 heavy (non-hydrogen) atoms. The fraction of sp³-hybridized carbons (Fsp3) is 0.280. The minimum absolute atomic E-state index is 0.0677. The fourth-order valence-corrected chi connectivity index (χ4v) is 4.02. The smallest absolute Gasteiger partial charge is 0.229 e. The lowest BCUT2D eigenvalue weighted by atomic mass is 10.1. The summed E-state index contributed by atoms with van der Waals surface area (Å²) >= 11 is 0. The van der Waals surface area contributed by atoms with Crippen molar-refractivity contribution in [3.05, 3.63) is 60.2 Å². The summed E-state index contributed by atoms with van der Waals surface area (Å²) in [6.45, 7) is 0.207. The van der Waals surface area contributed by atoms with Crippen molar-refractivity contribution in [3.63, 3.8) is 0 Å². The number of amides is 2. The van der Waals surface area contributed by atoms with Gasteiger partial charge in [-0.25, -0.2) is 4.98 Å². The van der Waals surface area contributed by atoms with E-state index in [0.29, 0.717) is 40.0 Å². The summed E-state index contributed by atoms with van der Waals surface area (Å²) in [5.74, 6) is 0.369. The lowest BCUT2D eigenvalue weighted by Crippen LogP contribution is -2.28. The first-order valence-corrected chi connectivity index (χ1v) is 10.9. The molecular weight excluding hydrogens is 452 g/mol. The molecule has 182 valence electrons. The van der Waals surface area contributed by atoms with Crippen LogP contribution in [0.15, 0.2) is 48.8 Å². The number of benzene rings is 2. The SMILES string of the molecule is COc1cc(N2C[C@H](C(=O)Nc3ccc(C(=O)c4nccn4C)cc3)CC2=O)cc(OC)c1OC. The molecule has 1 fully saturated rings. The Bertz CT molecular complexity index is 1240. The van der Waals surface area contributed by atoms with Crippen molar-refractivity contribution in [2.75, 3.05) is 38.1 Å². The van der Waals surface area contributed by atoms with Gasteiger partial charge in [-0.15, -0.1) is 0 Å². The second kappa shape index (κ2) is 9.88. The van der Waals surface area contributed by atoms with Crippen LogP contribution >= 0.6 is 0 Å². The number of imidazole rings is 1. The van der Waals surface area contributed by atoms with Gasteiger partial charge in [-0.1, -0.05) is 0 Å². The highest BCUT2D eigenvalue weighted by Gasteiger charge is 2.36. The Kier molecular flexibility index (Phi) is 6.72. The van der Waals surface area contributed by atoms with E-state index in [0.717, 1.165) is 0 Å². The highest BCUT2D eigenvalue weighted by molar-refractivity contribution is 6.07. The van der Waals surface area contributed by atoms with Gasteiger partial charge in [-0.3, -0.25) is 14.4 Å². The van der Waals surface area contributed by atoms with Crippen LogP contribution in [-0.4, -0.2) is 55.0 Å². The number of methoxy groups -OCH3 is 3. The van der Waals surface area contributed by atoms with E-state index < -0.39 is 5.92 Å². The molecule has 10 heteroatoms. The van der Waals surface area contributed by atoms with Crippen LogP contribution in [0, 0.1) is 5.92 Å². The van der Waals surface area contributed by atoms with Gasteiger partial charge < -0.3 is 29.0 Å². The molecule has 2 heterocycles. The molecule has 1 aliphatic rings. The molecule has 3 aromatic rings. The summed E-state index contributed by atoms with van der Waals surface area (Å²) in [7, 11) is 6.25. The number of nitrogens with one attached hydrogen (secondary N) is 1. The Morgan fingerprint density at radius 2 is 1.69 bits per heavy atom. The number of aryl methyl sites for hydroxylation is 1. The minimum atomic E-state index is -0.546. The number of ketones is 1. The topological polar surface area (TPSA) is 112 Å². The van der Waals surface area contributed by atoms with Gasteiger partial charge in [-0.05, 0) is 24.3 Å². The van der Waals surface area contributed by atoms with Gasteiger partial charge in [0.2, 0.25) is 23.3 Å². The van der Waals surface area contributed by atoms with E-state index in [2.05, 4.69) is 10.3 Å². The van der Waals surface area contributed by atoms with Gasteiger partial charge >= 0.3 is 0 Å². The molecule has 1 aromatic heterocycles. The third-order valence-electron chi connectivity index (χ3n) is 5.90. The zero-order valence-electron chi connectivity index (χ0n) is 19.9. The molecule has 1 saturated heterocycles. The molecule has 2 amide bonds. The summed E-state index contributed by atoms with van der Waals surface area (Å²) in [4.78, 5) is 43.8. The van der Waals surface area contributed by atoms with Crippen LogP contribution in [0.25, 0.3) is 0 Å². The first-order valence-electron chi connectivity index (χ1n) is 10.9. The highest BCUT2D eigenvalue weighted by Crippen LogP contribution is 2.42. The predicted molar refractivity (Wildman–Crippen MR) is 128 cm³/mol. The molecule has 2 aromatic carbocycles. The van der Waals surface area contributed by atoms with Crippen molar-refractivity contribution in [1.82, 2.24) is 9.55 Å². The quantitative estimate of drug-likeness (QED) is 0.496. The van der Waals surface area contributed by atoms with Crippen LogP contribution in [0.2, 0.25) is 0 Å². The van der Waals surface area contributed by atoms with Crippen molar-refractivity contribution in [2.45, 2.75) is 6.42 Å². The normalized spacial score (nSPS) is 15.1. The van der Waals surface area contributed by atoms with Crippen molar-refractivity contribution in [1.29, 1.82) is 0 Å². The van der Waals surface area contributed by atoms with Crippen LogP contribution in [0.3, 0.4) is 0 Å². The molecular formula is C25H26N4O6. The molecule has 4 rings (SSSR count). The van der Waals surface area contributed by atoms with Crippen molar-refractivity contribution in [2.24, 2.45) is 13.0 Å². The molecule has 1 aliphatic heterocycles. The Hall–Kier alpha value is -4.34. The number of rotatable bonds is 8. The maximum atomic E-state index is 12.9. The van der Waals surface area contributed by atoms with Gasteiger partial charge in [0.05, 0.1) is 32.9 Å². The first kappa shape index (κ1) is 23.8. The van der Waals surface area contributed by atoms with E-state index in [1.165, 1.54) is 26.2 Å². The van der Waals surface area contributed by atoms with Crippen LogP contribution in [-0.2, 0) is 16.6 Å². The molecule has 1 N–H and O–H groups in total. The molecule has 0 radical (unpaired) electrons. The van der Waals surface area contributed by atoms with Gasteiger partial charge in [0.25, 0.3) is 0 Å². The highest BCUT2D eigenvalue weighted by atomic mass is 16.5. The number of hydrogen-bond acceptors (Lipinski definition) is 7. The maximum Gasteiger partial charge on any atom is 0.229 e. The van der Waals surface area contributed by atoms with Crippen LogP contribution in [0.5, 0.6) is 17.2 Å². The van der Waals surface area contributed by atoms with E-state index >= 15 is 0 Å². The summed E-state index contributed by atoms with van der Waals surface area (Å²) < 4.78 is 17.7. The average Bonchev–Trinajstić information content (AvgIpc) is 3.48. The lowest BCUT2D eigenvalue weighted by Gasteiger charge is -2.20. The van der Waals surface area contributed by atoms with E-state index in [1.54, 1.807) is 60.4 Å². The van der Waals surface area contributed by atoms with E-state index in [-0.39, 0.29) is 30.6 Å². The van der Waals surface area contributed by atoms with Gasteiger partial charge in [0.15, 0.2) is 17.3 Å². The Labute approximate surface area is 202 Å². The molecule has 0 aliphatic carbocycles. The fourth-order valence-electron chi connectivity index (χ4n) is 4.02. The summed E-state index contributed by atoms with van der Waals surface area (Å²) in [6, 6.07) is 9.93. The number of ether oxygens (including phenoxy) is 3. The minimum Gasteiger partial charge on any atom is -0.493 e. The predicted octanol–water partition coefficient (Wildman–Crippen LogP) is 2.67. The summed E-state index contributed by atoms with van der Waals surface area (Å²) in [6.07, 6.45) is 3.33. The third-order valence-corrected chi connectivity index (χ3v) is 5.90. The molecule has 0 bridgehead atoms. The Balaban J connectivity index is 1.45. The van der Waals surface area contributed by atoms with E-state index in [9.17, 15) is 14.4 Å². The van der Waals surface area contributed by atoms with Crippen molar-refractivity contribution < 1.29 is 28.6 Å². The van der Waals surface area contributed by atoms with E-state index in [4.69, 9.17) is 14.2 Å². The molecule has 10 nitrogen and oxygen atoms in total. The average molecular weight is 479 g/mol. The Morgan fingerprint density at radius 1 is 1.03 bits per heavy atom. The van der Waals surface area contributed by atoms with Gasteiger partial charge in [0.1, 0.15) is 0 Å². The number of aromatic nitrogens is 2. The molecule has 0 saturated carbocycles. The van der Waals surface area contributed by atoms with Gasteiger partial charge in [-0.2, -0.15) is 0 Å². The molecule has 1 atom stereocenters. The number of anilines is 2. The summed E-state index contributed by atoms with van der Waals surface area (Å²) in [5, 5.41) is 2.83. The van der Waals surface area contributed by atoms with Crippen molar-refractivity contribution >= 4 is 29.0 Å².